The highest BCUT2D eigenvalue weighted by atomic mass is 19.4. The molecule has 34 heavy (non-hydrogen) atoms. The molecule has 0 unspecified atom stereocenters. The second kappa shape index (κ2) is 7.86. The number of oxime groups is 1. The van der Waals surface area contributed by atoms with E-state index in [0.717, 1.165) is 24.0 Å². The van der Waals surface area contributed by atoms with Crippen LogP contribution in [0, 0.1) is 0 Å². The van der Waals surface area contributed by atoms with Crippen LogP contribution in [-0.2, 0) is 10.8 Å². The lowest BCUT2D eigenvalue weighted by Crippen LogP contribution is -2.34. The fourth-order valence-electron chi connectivity index (χ4n) is 4.86. The summed E-state index contributed by atoms with van der Waals surface area (Å²) in [6.07, 6.45) is -3.01. The molecule has 2 N–H and O–H groups in total. The second-order valence-corrected chi connectivity index (χ2v) is 10.2. The van der Waals surface area contributed by atoms with Gasteiger partial charge in [0.05, 0.1) is 5.56 Å². The maximum absolute atomic E-state index is 13.9. The summed E-state index contributed by atoms with van der Waals surface area (Å²) in [7, 11) is 0. The van der Waals surface area contributed by atoms with Crippen molar-refractivity contribution in [3.05, 3.63) is 70.8 Å². The maximum Gasteiger partial charge on any atom is 0.437 e. The summed E-state index contributed by atoms with van der Waals surface area (Å²) < 4.78 is 41.6. The smallest absolute Gasteiger partial charge is 0.437 e. The molecule has 3 aromatic carbocycles. The number of rotatable bonds is 3. The predicted octanol–water partition coefficient (Wildman–Crippen LogP) is 7.29. The highest BCUT2D eigenvalue weighted by Crippen LogP contribution is 2.48. The largest absolute Gasteiger partial charge is 0.478 e. The molecule has 0 aromatic heterocycles. The number of fused-ring (bicyclic) bond motifs is 2. The summed E-state index contributed by atoms with van der Waals surface area (Å²) >= 11 is 0. The third kappa shape index (κ3) is 4.04. The molecule has 4 rings (SSSR count). The Kier molecular flexibility index (Phi) is 5.50. The van der Waals surface area contributed by atoms with Gasteiger partial charge in [-0.15, -0.1) is 0 Å². The summed E-state index contributed by atoms with van der Waals surface area (Å²) in [5.41, 5.74) is 1.26. The first-order valence-corrected chi connectivity index (χ1v) is 11.0. The minimum Gasteiger partial charge on any atom is -0.478 e. The van der Waals surface area contributed by atoms with Crippen LogP contribution in [0.1, 0.15) is 67.6 Å². The average molecular weight is 470 g/mol. The third-order valence-electron chi connectivity index (χ3n) is 7.01. The number of hydrogen-bond donors (Lipinski definition) is 2. The number of benzene rings is 3. The van der Waals surface area contributed by atoms with E-state index in [2.05, 4.69) is 32.9 Å². The van der Waals surface area contributed by atoms with Crippen LogP contribution in [0.15, 0.2) is 53.7 Å². The molecule has 4 nitrogen and oxygen atoms in total. The Morgan fingerprint density at radius 3 is 1.94 bits per heavy atom. The molecule has 0 radical (unpaired) electrons. The fourth-order valence-corrected chi connectivity index (χ4v) is 4.86. The normalized spacial score (nSPS) is 17.4. The Morgan fingerprint density at radius 2 is 1.44 bits per heavy atom. The van der Waals surface area contributed by atoms with Crippen molar-refractivity contribution in [1.29, 1.82) is 0 Å². The Balaban J connectivity index is 2.06. The molecule has 0 spiro atoms. The standard InChI is InChI=1S/C27H26F3NO3/c1-25(2)9-10-26(3,4)22-14-19-18(13-21(22)25)11-17(12-20(19)23(31-34)27(28,29)30)15-5-7-16(8-6-15)24(32)33/h5-8,11-14,34H,9-10H2,1-4H3,(H,32,33)/b31-23+. The molecule has 178 valence electrons. The van der Waals surface area contributed by atoms with Gasteiger partial charge in [0.1, 0.15) is 0 Å². The van der Waals surface area contributed by atoms with Crippen molar-refractivity contribution in [1.82, 2.24) is 0 Å². The van der Waals surface area contributed by atoms with E-state index in [1.807, 2.05) is 12.1 Å². The summed E-state index contributed by atoms with van der Waals surface area (Å²) in [6.45, 7) is 8.46. The van der Waals surface area contributed by atoms with E-state index >= 15 is 0 Å². The van der Waals surface area contributed by atoms with Gasteiger partial charge in [0.25, 0.3) is 0 Å². The van der Waals surface area contributed by atoms with E-state index in [1.54, 1.807) is 18.2 Å². The molecule has 7 heteroatoms. The first-order chi connectivity index (χ1) is 15.7. The van der Waals surface area contributed by atoms with Crippen LogP contribution in [0.25, 0.3) is 21.9 Å². The summed E-state index contributed by atoms with van der Waals surface area (Å²) in [5, 5.41) is 22.1. The lowest BCUT2D eigenvalue weighted by atomic mass is 9.62. The number of aromatic carboxylic acids is 1. The van der Waals surface area contributed by atoms with Crippen molar-refractivity contribution in [3.8, 4) is 11.1 Å². The number of carboxylic acids is 1. The van der Waals surface area contributed by atoms with Gasteiger partial charge in [-0.25, -0.2) is 4.79 Å². The van der Waals surface area contributed by atoms with E-state index in [1.165, 1.54) is 18.2 Å². The summed E-state index contributed by atoms with van der Waals surface area (Å²) in [6, 6.07) is 12.9. The van der Waals surface area contributed by atoms with Gasteiger partial charge in [0.15, 0.2) is 5.71 Å². The van der Waals surface area contributed by atoms with Gasteiger partial charge in [-0.2, -0.15) is 13.2 Å². The highest BCUT2D eigenvalue weighted by Gasteiger charge is 2.41. The minimum absolute atomic E-state index is 0.0794. The Labute approximate surface area is 195 Å². The van der Waals surface area contributed by atoms with Gasteiger partial charge in [-0.3, -0.25) is 0 Å². The van der Waals surface area contributed by atoms with Gasteiger partial charge < -0.3 is 10.3 Å². The first-order valence-electron chi connectivity index (χ1n) is 11.0. The number of halogens is 3. The van der Waals surface area contributed by atoms with E-state index in [9.17, 15) is 23.2 Å². The van der Waals surface area contributed by atoms with Crippen LogP contribution in [0.5, 0.6) is 0 Å². The second-order valence-electron chi connectivity index (χ2n) is 10.2. The number of carboxylic acid groups (broad SMARTS) is 1. The Hall–Kier alpha value is -3.35. The third-order valence-corrected chi connectivity index (χ3v) is 7.01. The van der Waals surface area contributed by atoms with Gasteiger partial charge >= 0.3 is 12.1 Å². The van der Waals surface area contributed by atoms with Crippen molar-refractivity contribution < 1.29 is 28.3 Å². The molecule has 3 aromatic rings. The maximum atomic E-state index is 13.9. The van der Waals surface area contributed by atoms with Crippen molar-refractivity contribution in [2.24, 2.45) is 5.16 Å². The zero-order chi connectivity index (χ0) is 25.1. The quantitative estimate of drug-likeness (QED) is 0.240. The van der Waals surface area contributed by atoms with Crippen LogP contribution in [0.4, 0.5) is 13.2 Å². The molecule has 1 aliphatic rings. The number of hydrogen-bond acceptors (Lipinski definition) is 3. The lowest BCUT2D eigenvalue weighted by Gasteiger charge is -2.42. The van der Waals surface area contributed by atoms with Gasteiger partial charge in [0, 0.05) is 5.56 Å². The molecule has 0 atom stereocenters. The SMILES string of the molecule is CC1(C)CCC(C)(C)c2cc3c(/C(=N\O)C(F)(F)F)cc(-c4ccc(C(=O)O)cc4)cc3cc21. The van der Waals surface area contributed by atoms with Crippen molar-refractivity contribution in [2.45, 2.75) is 57.5 Å². The Bertz CT molecular complexity index is 1320. The van der Waals surface area contributed by atoms with Crippen LogP contribution < -0.4 is 0 Å². The average Bonchev–Trinajstić information content (AvgIpc) is 2.75. The zero-order valence-corrected chi connectivity index (χ0v) is 19.4. The first kappa shape index (κ1) is 23.8. The van der Waals surface area contributed by atoms with E-state index in [4.69, 9.17) is 5.11 Å². The number of nitrogens with zero attached hydrogens (tertiary/aromatic N) is 1. The molecule has 0 amide bonds. The number of alkyl halides is 3. The molecular formula is C27H26F3NO3. The molecule has 0 saturated carbocycles. The van der Waals surface area contributed by atoms with Crippen LogP contribution in [-0.4, -0.2) is 28.2 Å². The summed E-state index contributed by atoms with van der Waals surface area (Å²) in [4.78, 5) is 11.2. The molecule has 1 aliphatic carbocycles. The molecule has 0 bridgehead atoms. The minimum atomic E-state index is -4.86. The van der Waals surface area contributed by atoms with Crippen molar-refractivity contribution in [2.75, 3.05) is 0 Å². The van der Waals surface area contributed by atoms with E-state index < -0.39 is 17.9 Å². The van der Waals surface area contributed by atoms with Crippen LogP contribution >= 0.6 is 0 Å². The van der Waals surface area contributed by atoms with Crippen molar-refractivity contribution in [3.63, 3.8) is 0 Å². The van der Waals surface area contributed by atoms with Crippen LogP contribution in [0.2, 0.25) is 0 Å². The highest BCUT2D eigenvalue weighted by molar-refractivity contribution is 6.15. The number of carbonyl (C=O) groups is 1. The van der Waals surface area contributed by atoms with Crippen molar-refractivity contribution >= 4 is 22.5 Å². The topological polar surface area (TPSA) is 69.9 Å². The monoisotopic (exact) mass is 469 g/mol. The van der Waals surface area contributed by atoms with Gasteiger partial charge in [0.2, 0.25) is 0 Å². The van der Waals surface area contributed by atoms with Gasteiger partial charge in [-0.1, -0.05) is 51.0 Å². The van der Waals surface area contributed by atoms with E-state index in [-0.39, 0.29) is 22.0 Å². The zero-order valence-electron chi connectivity index (χ0n) is 19.4. The molecule has 0 fully saturated rings. The molecular weight excluding hydrogens is 443 g/mol. The van der Waals surface area contributed by atoms with Gasteiger partial charge in [-0.05, 0) is 87.0 Å². The fraction of sp³-hybridized carbons (Fsp3) is 0.333. The summed E-state index contributed by atoms with van der Waals surface area (Å²) in [5.74, 6) is -1.09. The molecule has 0 saturated heterocycles. The lowest BCUT2D eigenvalue weighted by molar-refractivity contribution is -0.0600. The Morgan fingerprint density at radius 1 is 0.882 bits per heavy atom. The molecule has 0 aliphatic heterocycles. The molecule has 0 heterocycles. The predicted molar refractivity (Wildman–Crippen MR) is 126 cm³/mol. The van der Waals surface area contributed by atoms with E-state index in [0.29, 0.717) is 21.9 Å². The van der Waals surface area contributed by atoms with Crippen LogP contribution in [0.3, 0.4) is 0 Å².